The Balaban J connectivity index is 1.61. The third-order valence-corrected chi connectivity index (χ3v) is 5.87. The van der Waals surface area contributed by atoms with Crippen molar-refractivity contribution < 1.29 is 28.7 Å². The Hall–Kier alpha value is -4.66. The summed E-state index contributed by atoms with van der Waals surface area (Å²) >= 11 is 0. The van der Waals surface area contributed by atoms with Gasteiger partial charge in [-0.3, -0.25) is 9.59 Å². The summed E-state index contributed by atoms with van der Waals surface area (Å²) < 4.78 is 9.81. The van der Waals surface area contributed by atoms with E-state index in [0.29, 0.717) is 56.2 Å². The Morgan fingerprint density at radius 1 is 1.00 bits per heavy atom. The third kappa shape index (κ3) is 4.63. The second kappa shape index (κ2) is 9.91. The van der Waals surface area contributed by atoms with Crippen LogP contribution in [-0.4, -0.2) is 42.5 Å². The van der Waals surface area contributed by atoms with Crippen molar-refractivity contribution in [2.45, 2.75) is 20.8 Å². The van der Waals surface area contributed by atoms with E-state index in [1.165, 1.54) is 31.4 Å². The molecule has 2 aromatic carbocycles. The van der Waals surface area contributed by atoms with Crippen LogP contribution < -0.4 is 10.6 Å². The highest BCUT2D eigenvalue weighted by Gasteiger charge is 2.26. The van der Waals surface area contributed by atoms with Crippen molar-refractivity contribution in [1.29, 1.82) is 0 Å². The van der Waals surface area contributed by atoms with Gasteiger partial charge in [0.1, 0.15) is 0 Å². The van der Waals surface area contributed by atoms with E-state index in [1.807, 2.05) is 0 Å². The first kappa shape index (κ1) is 24.5. The van der Waals surface area contributed by atoms with Gasteiger partial charge in [0.05, 0.1) is 30.4 Å². The fraction of sp³-hybridized carbons (Fsp3) is 0.185. The SMILES string of the molecule is CCOC(=O)c1c(C)[nH]c(C=C2C(=O)Nc3ccc(NC(=O)c4ccc(C(=O)OC)cc4)cc32)c1C. The second-order valence-electron chi connectivity index (χ2n) is 8.18. The van der Waals surface area contributed by atoms with Gasteiger partial charge in [-0.15, -0.1) is 0 Å². The van der Waals surface area contributed by atoms with Crippen LogP contribution in [0.4, 0.5) is 11.4 Å². The third-order valence-electron chi connectivity index (χ3n) is 5.87. The van der Waals surface area contributed by atoms with Crippen LogP contribution in [0.15, 0.2) is 42.5 Å². The monoisotopic (exact) mass is 487 g/mol. The molecule has 1 aliphatic heterocycles. The Bertz CT molecular complexity index is 1420. The number of rotatable bonds is 6. The Labute approximate surface area is 207 Å². The van der Waals surface area contributed by atoms with E-state index in [0.717, 1.165) is 0 Å². The first-order valence-electron chi connectivity index (χ1n) is 11.3. The molecule has 0 bridgehead atoms. The standard InChI is InChI=1S/C27H25N3O6/c1-5-36-27(34)23-14(2)22(28-15(23)3)13-20-19-12-18(10-11-21(19)30-25(20)32)29-24(31)16-6-8-17(9-7-16)26(33)35-4/h6-13,28H,5H2,1-4H3,(H,29,31)(H,30,32). The highest BCUT2D eigenvalue weighted by Crippen LogP contribution is 2.36. The average Bonchev–Trinajstić information content (AvgIpc) is 3.33. The van der Waals surface area contributed by atoms with Crippen molar-refractivity contribution in [3.63, 3.8) is 0 Å². The topological polar surface area (TPSA) is 127 Å². The zero-order valence-corrected chi connectivity index (χ0v) is 20.3. The Kier molecular flexibility index (Phi) is 6.73. The molecular formula is C27H25N3O6. The summed E-state index contributed by atoms with van der Waals surface area (Å²) in [4.78, 5) is 52.5. The molecule has 0 fully saturated rings. The lowest BCUT2D eigenvalue weighted by Crippen LogP contribution is -2.12. The lowest BCUT2D eigenvalue weighted by molar-refractivity contribution is -0.110. The fourth-order valence-corrected chi connectivity index (χ4v) is 4.06. The number of carbonyl (C=O) groups is 4. The van der Waals surface area contributed by atoms with Crippen LogP contribution in [-0.2, 0) is 14.3 Å². The van der Waals surface area contributed by atoms with Gasteiger partial charge in [0.2, 0.25) is 0 Å². The first-order valence-corrected chi connectivity index (χ1v) is 11.3. The normalized spacial score (nSPS) is 13.2. The highest BCUT2D eigenvalue weighted by molar-refractivity contribution is 6.35. The summed E-state index contributed by atoms with van der Waals surface area (Å²) in [6.45, 7) is 5.57. The second-order valence-corrected chi connectivity index (χ2v) is 8.18. The highest BCUT2D eigenvalue weighted by atomic mass is 16.5. The molecule has 0 saturated carbocycles. The number of H-pyrrole nitrogens is 1. The number of aromatic nitrogens is 1. The molecule has 184 valence electrons. The number of fused-ring (bicyclic) bond motifs is 1. The minimum Gasteiger partial charge on any atom is -0.465 e. The summed E-state index contributed by atoms with van der Waals surface area (Å²) in [5.41, 5.74) is 5.20. The number of ether oxygens (including phenoxy) is 2. The number of esters is 2. The van der Waals surface area contributed by atoms with E-state index in [9.17, 15) is 19.2 Å². The molecule has 3 aromatic rings. The molecule has 9 nitrogen and oxygen atoms in total. The lowest BCUT2D eigenvalue weighted by Gasteiger charge is -2.08. The molecule has 2 heterocycles. The van der Waals surface area contributed by atoms with Gasteiger partial charge in [0, 0.05) is 33.9 Å². The van der Waals surface area contributed by atoms with Crippen molar-refractivity contribution in [2.75, 3.05) is 24.4 Å². The van der Waals surface area contributed by atoms with Gasteiger partial charge in [0.15, 0.2) is 0 Å². The number of nitrogens with one attached hydrogen (secondary N) is 3. The maximum atomic E-state index is 12.7. The number of amides is 2. The van der Waals surface area contributed by atoms with Crippen molar-refractivity contribution in [3.8, 4) is 0 Å². The van der Waals surface area contributed by atoms with E-state index < -0.39 is 11.9 Å². The van der Waals surface area contributed by atoms with Crippen molar-refractivity contribution in [1.82, 2.24) is 4.98 Å². The van der Waals surface area contributed by atoms with E-state index in [4.69, 9.17) is 4.74 Å². The molecule has 3 N–H and O–H groups in total. The molecule has 1 aromatic heterocycles. The molecule has 0 radical (unpaired) electrons. The number of hydrogen-bond acceptors (Lipinski definition) is 6. The van der Waals surface area contributed by atoms with Gasteiger partial charge in [-0.05, 0) is 74.9 Å². The van der Waals surface area contributed by atoms with Crippen molar-refractivity contribution in [2.24, 2.45) is 0 Å². The summed E-state index contributed by atoms with van der Waals surface area (Å²) in [6.07, 6.45) is 1.68. The number of methoxy groups -OCH3 is 1. The van der Waals surface area contributed by atoms with Crippen LogP contribution in [0.25, 0.3) is 11.6 Å². The molecule has 4 rings (SSSR count). The van der Waals surface area contributed by atoms with E-state index in [1.54, 1.807) is 45.0 Å². The van der Waals surface area contributed by atoms with Crippen LogP contribution in [0.2, 0.25) is 0 Å². The molecule has 9 heteroatoms. The molecule has 0 aliphatic carbocycles. The molecular weight excluding hydrogens is 462 g/mol. The van der Waals surface area contributed by atoms with E-state index in [-0.39, 0.29) is 18.4 Å². The van der Waals surface area contributed by atoms with Gasteiger partial charge in [0.25, 0.3) is 11.8 Å². The molecule has 36 heavy (non-hydrogen) atoms. The van der Waals surface area contributed by atoms with Crippen LogP contribution in [0.1, 0.15) is 60.5 Å². The quantitative estimate of drug-likeness (QED) is 0.351. The van der Waals surface area contributed by atoms with Gasteiger partial charge in [-0.2, -0.15) is 0 Å². The molecule has 2 amide bonds. The number of carbonyl (C=O) groups excluding carboxylic acids is 4. The number of hydrogen-bond donors (Lipinski definition) is 3. The van der Waals surface area contributed by atoms with Gasteiger partial charge in [-0.25, -0.2) is 9.59 Å². The average molecular weight is 488 g/mol. The zero-order valence-electron chi connectivity index (χ0n) is 20.3. The van der Waals surface area contributed by atoms with Crippen LogP contribution in [0, 0.1) is 13.8 Å². The summed E-state index contributed by atoms with van der Waals surface area (Å²) in [7, 11) is 1.29. The number of benzene rings is 2. The van der Waals surface area contributed by atoms with E-state index in [2.05, 4.69) is 20.4 Å². The Morgan fingerprint density at radius 2 is 1.69 bits per heavy atom. The summed E-state index contributed by atoms with van der Waals surface area (Å²) in [5, 5.41) is 5.63. The molecule has 0 saturated heterocycles. The van der Waals surface area contributed by atoms with E-state index >= 15 is 0 Å². The van der Waals surface area contributed by atoms with Gasteiger partial charge in [-0.1, -0.05) is 0 Å². The maximum absolute atomic E-state index is 12.7. The summed E-state index contributed by atoms with van der Waals surface area (Å²) in [6, 6.07) is 11.2. The number of anilines is 2. The first-order chi connectivity index (χ1) is 17.2. The molecule has 0 spiro atoms. The lowest BCUT2D eigenvalue weighted by atomic mass is 10.0. The minimum absolute atomic E-state index is 0.263. The van der Waals surface area contributed by atoms with Crippen LogP contribution in [0.5, 0.6) is 0 Å². The van der Waals surface area contributed by atoms with Crippen LogP contribution >= 0.6 is 0 Å². The van der Waals surface area contributed by atoms with Gasteiger partial charge >= 0.3 is 11.9 Å². The van der Waals surface area contributed by atoms with Crippen molar-refractivity contribution in [3.05, 3.63) is 81.7 Å². The zero-order chi connectivity index (χ0) is 26.0. The van der Waals surface area contributed by atoms with Gasteiger partial charge < -0.3 is 25.1 Å². The fourth-order valence-electron chi connectivity index (χ4n) is 4.06. The maximum Gasteiger partial charge on any atom is 0.340 e. The molecule has 0 atom stereocenters. The Morgan fingerprint density at radius 3 is 2.36 bits per heavy atom. The van der Waals surface area contributed by atoms with Crippen molar-refractivity contribution >= 4 is 46.8 Å². The summed E-state index contributed by atoms with van der Waals surface area (Å²) in [5.74, 6) is -1.58. The minimum atomic E-state index is -0.487. The van der Waals surface area contributed by atoms with Crippen LogP contribution in [0.3, 0.4) is 0 Å². The predicted octanol–water partition coefficient (Wildman–Crippen LogP) is 4.34. The predicted molar refractivity (Wildman–Crippen MR) is 135 cm³/mol. The number of aromatic amines is 1. The molecule has 1 aliphatic rings. The largest absolute Gasteiger partial charge is 0.465 e. The number of aryl methyl sites for hydroxylation is 1. The molecule has 0 unspecified atom stereocenters. The smallest absolute Gasteiger partial charge is 0.340 e.